The standard InChI is InChI=1S/C19H19N3O/c23-18-10-9-15-16(14-7-3-1-4-8-14)13-17(20-19(15)21-18)22-11-5-2-6-12-22/h1,3-4,7-10,13H,2,5-6,11-12H2,(H,20,21,23). The van der Waals surface area contributed by atoms with Crippen LogP contribution in [-0.2, 0) is 0 Å². The molecular weight excluding hydrogens is 286 g/mol. The summed E-state index contributed by atoms with van der Waals surface area (Å²) in [6, 6.07) is 15.9. The third-order valence-electron chi connectivity index (χ3n) is 4.45. The number of rotatable bonds is 2. The third kappa shape index (κ3) is 2.72. The number of pyridine rings is 2. The van der Waals surface area contributed by atoms with E-state index in [9.17, 15) is 4.79 Å². The first-order valence-corrected chi connectivity index (χ1v) is 8.16. The van der Waals surface area contributed by atoms with E-state index in [0.717, 1.165) is 35.4 Å². The highest BCUT2D eigenvalue weighted by Gasteiger charge is 2.15. The van der Waals surface area contributed by atoms with Gasteiger partial charge in [-0.1, -0.05) is 30.3 Å². The van der Waals surface area contributed by atoms with Crippen molar-refractivity contribution in [2.75, 3.05) is 18.0 Å². The lowest BCUT2D eigenvalue weighted by atomic mass is 10.0. The first kappa shape index (κ1) is 14.0. The van der Waals surface area contributed by atoms with Crippen LogP contribution in [0.5, 0.6) is 0 Å². The predicted octanol–water partition coefficient (Wildman–Crippen LogP) is 3.58. The minimum absolute atomic E-state index is 0.111. The van der Waals surface area contributed by atoms with Crippen LogP contribution in [0.15, 0.2) is 53.3 Å². The van der Waals surface area contributed by atoms with Crippen molar-refractivity contribution in [1.29, 1.82) is 0 Å². The van der Waals surface area contributed by atoms with Crippen LogP contribution in [0.4, 0.5) is 5.82 Å². The van der Waals surface area contributed by atoms with E-state index in [0.29, 0.717) is 5.65 Å². The second-order valence-corrected chi connectivity index (χ2v) is 6.03. The van der Waals surface area contributed by atoms with Gasteiger partial charge in [-0.15, -0.1) is 0 Å². The van der Waals surface area contributed by atoms with Crippen LogP contribution in [-0.4, -0.2) is 23.1 Å². The minimum Gasteiger partial charge on any atom is -0.357 e. The van der Waals surface area contributed by atoms with Crippen LogP contribution < -0.4 is 10.5 Å². The number of benzene rings is 1. The highest BCUT2D eigenvalue weighted by Crippen LogP contribution is 2.30. The number of fused-ring (bicyclic) bond motifs is 1. The maximum atomic E-state index is 11.7. The van der Waals surface area contributed by atoms with Crippen LogP contribution in [0.2, 0.25) is 0 Å². The van der Waals surface area contributed by atoms with E-state index in [2.05, 4.69) is 28.1 Å². The van der Waals surface area contributed by atoms with Gasteiger partial charge in [0.05, 0.1) is 0 Å². The number of anilines is 1. The third-order valence-corrected chi connectivity index (χ3v) is 4.45. The molecule has 1 N–H and O–H groups in total. The molecule has 1 aliphatic rings. The van der Waals surface area contributed by atoms with Gasteiger partial charge in [-0.05, 0) is 42.5 Å². The Morgan fingerprint density at radius 3 is 2.52 bits per heavy atom. The molecule has 3 aromatic rings. The van der Waals surface area contributed by atoms with Crippen LogP contribution in [0.1, 0.15) is 19.3 Å². The van der Waals surface area contributed by atoms with Crippen LogP contribution in [0, 0.1) is 0 Å². The lowest BCUT2D eigenvalue weighted by Gasteiger charge is -2.28. The van der Waals surface area contributed by atoms with Gasteiger partial charge in [0.25, 0.3) is 0 Å². The molecule has 0 amide bonds. The first-order valence-electron chi connectivity index (χ1n) is 8.16. The summed E-state index contributed by atoms with van der Waals surface area (Å²) in [5, 5.41) is 0.983. The topological polar surface area (TPSA) is 49.0 Å². The van der Waals surface area contributed by atoms with Gasteiger partial charge in [0, 0.05) is 24.5 Å². The number of hydrogen-bond donors (Lipinski definition) is 1. The van der Waals surface area contributed by atoms with Crippen LogP contribution >= 0.6 is 0 Å². The maximum absolute atomic E-state index is 11.7. The van der Waals surface area contributed by atoms with E-state index in [-0.39, 0.29) is 5.56 Å². The summed E-state index contributed by atoms with van der Waals surface area (Å²) in [7, 11) is 0. The Balaban J connectivity index is 1.93. The molecule has 2 aromatic heterocycles. The van der Waals surface area contributed by atoms with Crippen molar-refractivity contribution in [3.8, 4) is 11.1 Å². The molecule has 0 spiro atoms. The van der Waals surface area contributed by atoms with E-state index in [4.69, 9.17) is 4.98 Å². The number of nitrogens with one attached hydrogen (secondary N) is 1. The Morgan fingerprint density at radius 2 is 1.74 bits per heavy atom. The molecule has 4 nitrogen and oxygen atoms in total. The zero-order valence-corrected chi connectivity index (χ0v) is 13.0. The summed E-state index contributed by atoms with van der Waals surface area (Å²) in [6.07, 6.45) is 3.68. The van der Waals surface area contributed by atoms with Gasteiger partial charge in [-0.2, -0.15) is 0 Å². The van der Waals surface area contributed by atoms with E-state index >= 15 is 0 Å². The molecule has 1 aliphatic heterocycles. The number of nitrogens with zero attached hydrogens (tertiary/aromatic N) is 2. The highest BCUT2D eigenvalue weighted by molar-refractivity contribution is 5.94. The fourth-order valence-electron chi connectivity index (χ4n) is 3.26. The molecule has 1 saturated heterocycles. The lowest BCUT2D eigenvalue weighted by Crippen LogP contribution is -2.30. The van der Waals surface area contributed by atoms with Gasteiger partial charge in [-0.25, -0.2) is 4.98 Å². The Labute approximate surface area is 134 Å². The first-order chi connectivity index (χ1) is 11.3. The van der Waals surface area contributed by atoms with Gasteiger partial charge in [0.2, 0.25) is 5.56 Å². The molecular formula is C19H19N3O. The zero-order valence-electron chi connectivity index (χ0n) is 13.0. The van der Waals surface area contributed by atoms with Gasteiger partial charge in [0.1, 0.15) is 11.5 Å². The Morgan fingerprint density at radius 1 is 0.957 bits per heavy atom. The summed E-state index contributed by atoms with van der Waals surface area (Å²) in [5.41, 5.74) is 2.82. The molecule has 0 radical (unpaired) electrons. The monoisotopic (exact) mass is 305 g/mol. The SMILES string of the molecule is O=c1ccc2c(-c3ccccc3)cc(N3CCCCC3)nc2[nH]1. The van der Waals surface area contributed by atoms with E-state index in [1.54, 1.807) is 6.07 Å². The number of H-pyrrole nitrogens is 1. The normalized spacial score (nSPS) is 15.0. The van der Waals surface area contributed by atoms with E-state index in [1.807, 2.05) is 24.3 Å². The fourth-order valence-corrected chi connectivity index (χ4v) is 3.26. The molecule has 0 bridgehead atoms. The molecule has 4 rings (SSSR count). The molecule has 116 valence electrons. The fraction of sp³-hybridized carbons (Fsp3) is 0.263. The van der Waals surface area contributed by atoms with Crippen molar-refractivity contribution in [2.24, 2.45) is 0 Å². The molecule has 23 heavy (non-hydrogen) atoms. The quantitative estimate of drug-likeness (QED) is 0.787. The molecule has 3 heterocycles. The largest absolute Gasteiger partial charge is 0.357 e. The molecule has 1 aromatic carbocycles. The van der Waals surface area contributed by atoms with Crippen molar-refractivity contribution in [2.45, 2.75) is 19.3 Å². The van der Waals surface area contributed by atoms with Crippen molar-refractivity contribution in [3.05, 3.63) is 58.9 Å². The van der Waals surface area contributed by atoms with E-state index < -0.39 is 0 Å². The Bertz CT molecular complexity index is 880. The highest BCUT2D eigenvalue weighted by atomic mass is 16.1. The molecule has 4 heteroatoms. The molecule has 0 saturated carbocycles. The van der Waals surface area contributed by atoms with Crippen LogP contribution in [0.25, 0.3) is 22.2 Å². The Hall–Kier alpha value is -2.62. The van der Waals surface area contributed by atoms with Crippen molar-refractivity contribution in [3.63, 3.8) is 0 Å². The van der Waals surface area contributed by atoms with Crippen molar-refractivity contribution in [1.82, 2.24) is 9.97 Å². The lowest BCUT2D eigenvalue weighted by molar-refractivity contribution is 0.574. The average Bonchev–Trinajstić information content (AvgIpc) is 2.62. The zero-order chi connectivity index (χ0) is 15.6. The van der Waals surface area contributed by atoms with Crippen LogP contribution in [0.3, 0.4) is 0 Å². The average molecular weight is 305 g/mol. The summed E-state index contributed by atoms with van der Waals surface area (Å²) in [5.74, 6) is 0.956. The molecule has 1 fully saturated rings. The number of hydrogen-bond acceptors (Lipinski definition) is 3. The summed E-state index contributed by atoms with van der Waals surface area (Å²) in [4.78, 5) is 21.6. The molecule has 0 aliphatic carbocycles. The summed E-state index contributed by atoms with van der Waals surface area (Å²) < 4.78 is 0. The van der Waals surface area contributed by atoms with Gasteiger partial charge >= 0.3 is 0 Å². The minimum atomic E-state index is -0.111. The number of piperidine rings is 1. The summed E-state index contributed by atoms with van der Waals surface area (Å²) >= 11 is 0. The predicted molar refractivity (Wildman–Crippen MR) is 93.9 cm³/mol. The van der Waals surface area contributed by atoms with Crippen molar-refractivity contribution < 1.29 is 0 Å². The van der Waals surface area contributed by atoms with E-state index in [1.165, 1.54) is 19.3 Å². The molecule has 0 atom stereocenters. The second kappa shape index (κ2) is 5.88. The number of aromatic nitrogens is 2. The molecule has 0 unspecified atom stereocenters. The Kier molecular flexibility index (Phi) is 3.58. The second-order valence-electron chi connectivity index (χ2n) is 6.03. The van der Waals surface area contributed by atoms with Gasteiger partial charge in [-0.3, -0.25) is 4.79 Å². The van der Waals surface area contributed by atoms with Crippen molar-refractivity contribution >= 4 is 16.9 Å². The van der Waals surface area contributed by atoms with Gasteiger partial charge < -0.3 is 9.88 Å². The summed E-state index contributed by atoms with van der Waals surface area (Å²) in [6.45, 7) is 2.06. The smallest absolute Gasteiger partial charge is 0.249 e. The van der Waals surface area contributed by atoms with Gasteiger partial charge in [0.15, 0.2) is 0 Å². The maximum Gasteiger partial charge on any atom is 0.249 e. The number of aromatic amines is 1.